The largest absolute Gasteiger partial charge is 0.495 e. The van der Waals surface area contributed by atoms with Crippen LogP contribution in [0.4, 0.5) is 5.69 Å². The highest BCUT2D eigenvalue weighted by molar-refractivity contribution is 5.58. The number of rotatable bonds is 2. The molecule has 1 aromatic carbocycles. The summed E-state index contributed by atoms with van der Waals surface area (Å²) >= 11 is 0. The van der Waals surface area contributed by atoms with Gasteiger partial charge in [-0.1, -0.05) is 0 Å². The highest BCUT2D eigenvalue weighted by atomic mass is 16.5. The SMILES string of the molecule is COc1cc2c(cc1N)[C@H](N(C)C)CCC2. The lowest BCUT2D eigenvalue weighted by Gasteiger charge is -2.31. The Morgan fingerprint density at radius 3 is 2.75 bits per heavy atom. The molecule has 1 aromatic rings. The van der Waals surface area contributed by atoms with E-state index in [-0.39, 0.29) is 0 Å². The molecular formula is C13H20N2O. The van der Waals surface area contributed by atoms with Crippen LogP contribution in [-0.2, 0) is 6.42 Å². The zero-order chi connectivity index (χ0) is 11.7. The molecule has 0 saturated heterocycles. The molecule has 0 fully saturated rings. The van der Waals surface area contributed by atoms with E-state index in [9.17, 15) is 0 Å². The molecule has 0 aromatic heterocycles. The molecule has 3 heteroatoms. The fraction of sp³-hybridized carbons (Fsp3) is 0.538. The molecule has 0 heterocycles. The van der Waals surface area contributed by atoms with E-state index in [0.29, 0.717) is 6.04 Å². The van der Waals surface area contributed by atoms with Crippen molar-refractivity contribution in [2.75, 3.05) is 26.9 Å². The molecule has 2 N–H and O–H groups in total. The van der Waals surface area contributed by atoms with Gasteiger partial charge in [0, 0.05) is 6.04 Å². The van der Waals surface area contributed by atoms with Gasteiger partial charge in [-0.25, -0.2) is 0 Å². The summed E-state index contributed by atoms with van der Waals surface area (Å²) in [5.41, 5.74) is 9.47. The maximum atomic E-state index is 5.97. The average Bonchev–Trinajstić information content (AvgIpc) is 2.27. The van der Waals surface area contributed by atoms with Crippen LogP contribution in [0.1, 0.15) is 30.0 Å². The lowest BCUT2D eigenvalue weighted by molar-refractivity contribution is 0.268. The van der Waals surface area contributed by atoms with Crippen molar-refractivity contribution in [1.29, 1.82) is 0 Å². The van der Waals surface area contributed by atoms with E-state index in [4.69, 9.17) is 10.5 Å². The molecule has 0 bridgehead atoms. The molecule has 1 aliphatic carbocycles. The van der Waals surface area contributed by atoms with E-state index < -0.39 is 0 Å². The number of aryl methyl sites for hydroxylation is 1. The number of hydrogen-bond donors (Lipinski definition) is 1. The Labute approximate surface area is 97.2 Å². The lowest BCUT2D eigenvalue weighted by atomic mass is 9.86. The molecule has 3 nitrogen and oxygen atoms in total. The number of hydrogen-bond acceptors (Lipinski definition) is 3. The Morgan fingerprint density at radius 2 is 2.12 bits per heavy atom. The van der Waals surface area contributed by atoms with Crippen molar-refractivity contribution >= 4 is 5.69 Å². The predicted octanol–water partition coefficient (Wildman–Crippen LogP) is 2.22. The quantitative estimate of drug-likeness (QED) is 0.777. The summed E-state index contributed by atoms with van der Waals surface area (Å²) in [6.07, 6.45) is 3.59. The molecule has 0 spiro atoms. The van der Waals surface area contributed by atoms with Crippen LogP contribution in [0.2, 0.25) is 0 Å². The third-order valence-electron chi connectivity index (χ3n) is 3.40. The van der Waals surface area contributed by atoms with E-state index in [1.807, 2.05) is 0 Å². The highest BCUT2D eigenvalue weighted by Crippen LogP contribution is 2.37. The number of nitrogens with two attached hydrogens (primary N) is 1. The van der Waals surface area contributed by atoms with Gasteiger partial charge < -0.3 is 15.4 Å². The summed E-state index contributed by atoms with van der Waals surface area (Å²) in [5.74, 6) is 0.804. The van der Waals surface area contributed by atoms with E-state index >= 15 is 0 Å². The number of anilines is 1. The van der Waals surface area contributed by atoms with Gasteiger partial charge in [0.2, 0.25) is 0 Å². The minimum absolute atomic E-state index is 0.497. The van der Waals surface area contributed by atoms with Crippen molar-refractivity contribution in [2.24, 2.45) is 0 Å². The van der Waals surface area contributed by atoms with Crippen LogP contribution in [0.3, 0.4) is 0 Å². The van der Waals surface area contributed by atoms with Crippen LogP contribution in [-0.4, -0.2) is 26.1 Å². The number of nitrogens with zero attached hydrogens (tertiary/aromatic N) is 1. The van der Waals surface area contributed by atoms with Gasteiger partial charge in [-0.2, -0.15) is 0 Å². The molecule has 1 aliphatic rings. The molecule has 0 amide bonds. The molecule has 0 saturated carbocycles. The smallest absolute Gasteiger partial charge is 0.142 e. The van der Waals surface area contributed by atoms with Gasteiger partial charge in [0.05, 0.1) is 12.8 Å². The lowest BCUT2D eigenvalue weighted by Crippen LogP contribution is -2.24. The van der Waals surface area contributed by atoms with Crippen molar-refractivity contribution in [1.82, 2.24) is 4.90 Å². The topological polar surface area (TPSA) is 38.5 Å². The fourth-order valence-electron chi connectivity index (χ4n) is 2.54. The number of fused-ring (bicyclic) bond motifs is 1. The Morgan fingerprint density at radius 1 is 1.38 bits per heavy atom. The zero-order valence-electron chi connectivity index (χ0n) is 10.3. The highest BCUT2D eigenvalue weighted by Gasteiger charge is 2.23. The van der Waals surface area contributed by atoms with Crippen molar-refractivity contribution in [3.05, 3.63) is 23.3 Å². The summed E-state index contributed by atoms with van der Waals surface area (Å²) in [7, 11) is 5.92. The Kier molecular flexibility index (Phi) is 3.06. The van der Waals surface area contributed by atoms with Crippen molar-refractivity contribution < 1.29 is 4.74 Å². The van der Waals surface area contributed by atoms with E-state index in [1.54, 1.807) is 7.11 Å². The summed E-state index contributed by atoms with van der Waals surface area (Å²) in [5, 5.41) is 0. The number of nitrogen functional groups attached to an aromatic ring is 1. The Bertz CT molecular complexity index is 388. The second kappa shape index (κ2) is 4.34. The third kappa shape index (κ3) is 1.87. The fourth-order valence-corrected chi connectivity index (χ4v) is 2.54. The molecule has 0 radical (unpaired) electrons. The van der Waals surface area contributed by atoms with Crippen molar-refractivity contribution in [3.8, 4) is 5.75 Å². The van der Waals surface area contributed by atoms with Gasteiger partial charge in [-0.15, -0.1) is 0 Å². The molecule has 88 valence electrons. The summed E-state index contributed by atoms with van der Waals surface area (Å²) in [6, 6.07) is 4.68. The van der Waals surface area contributed by atoms with E-state index in [1.165, 1.54) is 24.0 Å². The first-order valence-electron chi connectivity index (χ1n) is 5.76. The van der Waals surface area contributed by atoms with Gasteiger partial charge in [-0.3, -0.25) is 0 Å². The number of benzene rings is 1. The monoisotopic (exact) mass is 220 g/mol. The van der Waals surface area contributed by atoms with Gasteiger partial charge in [0.15, 0.2) is 0 Å². The van der Waals surface area contributed by atoms with Crippen LogP contribution in [0.25, 0.3) is 0 Å². The first kappa shape index (κ1) is 11.3. The van der Waals surface area contributed by atoms with Crippen molar-refractivity contribution in [2.45, 2.75) is 25.3 Å². The molecule has 16 heavy (non-hydrogen) atoms. The Hall–Kier alpha value is -1.22. The average molecular weight is 220 g/mol. The van der Waals surface area contributed by atoms with Gasteiger partial charge in [0.1, 0.15) is 5.75 Å². The van der Waals surface area contributed by atoms with Gasteiger partial charge >= 0.3 is 0 Å². The van der Waals surface area contributed by atoms with Crippen LogP contribution in [0, 0.1) is 0 Å². The summed E-state index contributed by atoms with van der Waals surface area (Å²) in [4.78, 5) is 2.27. The molecule has 0 unspecified atom stereocenters. The Balaban J connectivity index is 2.45. The second-order valence-corrected chi connectivity index (χ2v) is 4.66. The maximum absolute atomic E-state index is 5.97. The third-order valence-corrected chi connectivity index (χ3v) is 3.40. The number of methoxy groups -OCH3 is 1. The summed E-state index contributed by atoms with van der Waals surface area (Å²) in [6.45, 7) is 0. The first-order chi connectivity index (χ1) is 7.63. The molecule has 2 rings (SSSR count). The van der Waals surface area contributed by atoms with E-state index in [2.05, 4.69) is 31.1 Å². The minimum Gasteiger partial charge on any atom is -0.495 e. The molecule has 1 atom stereocenters. The second-order valence-electron chi connectivity index (χ2n) is 4.66. The number of ether oxygens (including phenoxy) is 1. The van der Waals surface area contributed by atoms with Crippen molar-refractivity contribution in [3.63, 3.8) is 0 Å². The van der Waals surface area contributed by atoms with Crippen LogP contribution >= 0.6 is 0 Å². The predicted molar refractivity (Wildman–Crippen MR) is 66.8 cm³/mol. The zero-order valence-corrected chi connectivity index (χ0v) is 10.3. The molecular weight excluding hydrogens is 200 g/mol. The van der Waals surface area contributed by atoms with Crippen LogP contribution < -0.4 is 10.5 Å². The van der Waals surface area contributed by atoms with Crippen LogP contribution in [0.5, 0.6) is 5.75 Å². The normalized spacial score (nSPS) is 19.6. The minimum atomic E-state index is 0.497. The summed E-state index contributed by atoms with van der Waals surface area (Å²) < 4.78 is 5.27. The molecule has 0 aliphatic heterocycles. The first-order valence-corrected chi connectivity index (χ1v) is 5.76. The standard InChI is InChI=1S/C13H20N2O/c1-15(2)12-6-4-5-9-7-13(16-3)11(14)8-10(9)12/h7-8,12H,4-6,14H2,1-3H3/t12-/m1/s1. The van der Waals surface area contributed by atoms with Gasteiger partial charge in [-0.05, 0) is 56.6 Å². The van der Waals surface area contributed by atoms with Crippen LogP contribution in [0.15, 0.2) is 12.1 Å². The maximum Gasteiger partial charge on any atom is 0.142 e. The van der Waals surface area contributed by atoms with Gasteiger partial charge in [0.25, 0.3) is 0 Å². The van der Waals surface area contributed by atoms with E-state index in [0.717, 1.165) is 17.9 Å².